The number of aromatic nitrogens is 1. The Hall–Kier alpha value is -1.26. The topological polar surface area (TPSA) is 24.9 Å². The largest absolute Gasteiger partial charge is 0.416 e. The number of rotatable bonds is 4. The Kier molecular flexibility index (Phi) is 3.77. The van der Waals surface area contributed by atoms with Crippen LogP contribution in [0.2, 0.25) is 0 Å². The molecule has 126 valence electrons. The molecule has 0 unspecified atom stereocenters. The fourth-order valence-corrected chi connectivity index (χ4v) is 5.58. The highest BCUT2D eigenvalue weighted by molar-refractivity contribution is 5.38. The molecule has 0 amide bonds. The zero-order chi connectivity index (χ0) is 16.0. The molecule has 0 spiro atoms. The van der Waals surface area contributed by atoms with Crippen LogP contribution >= 0.6 is 0 Å². The van der Waals surface area contributed by atoms with E-state index in [0.29, 0.717) is 5.82 Å². The van der Waals surface area contributed by atoms with Crippen molar-refractivity contribution in [3.63, 3.8) is 0 Å². The summed E-state index contributed by atoms with van der Waals surface area (Å²) >= 11 is 0. The van der Waals surface area contributed by atoms with Crippen molar-refractivity contribution in [2.24, 2.45) is 29.6 Å². The van der Waals surface area contributed by atoms with Crippen molar-refractivity contribution in [2.75, 3.05) is 11.9 Å². The van der Waals surface area contributed by atoms with Gasteiger partial charge in [-0.1, -0.05) is 0 Å². The van der Waals surface area contributed by atoms with Crippen LogP contribution in [0.25, 0.3) is 0 Å². The molecule has 23 heavy (non-hydrogen) atoms. The number of anilines is 1. The lowest BCUT2D eigenvalue weighted by atomic mass is 9.51. The number of hydrogen-bond donors (Lipinski definition) is 1. The Labute approximate surface area is 134 Å². The second kappa shape index (κ2) is 5.67. The molecule has 4 aliphatic carbocycles. The SMILES string of the molecule is FC(F)(F)c1ccnc(NCCC2C3CC4CC(C3)CC2C4)c1. The van der Waals surface area contributed by atoms with Crippen molar-refractivity contribution in [1.29, 1.82) is 0 Å². The van der Waals surface area contributed by atoms with Gasteiger partial charge in [-0.2, -0.15) is 13.2 Å². The van der Waals surface area contributed by atoms with Crippen LogP contribution in [0.15, 0.2) is 18.3 Å². The minimum absolute atomic E-state index is 0.337. The van der Waals surface area contributed by atoms with Crippen LogP contribution in [-0.2, 0) is 6.18 Å². The van der Waals surface area contributed by atoms with E-state index in [2.05, 4.69) is 10.3 Å². The van der Waals surface area contributed by atoms with Gasteiger partial charge < -0.3 is 5.32 Å². The standard InChI is InChI=1S/C18H23F3N2/c19-18(20,21)15-1-3-22-17(10-15)23-4-2-16-13-6-11-5-12(8-13)9-14(16)7-11/h1,3,10-14,16H,2,4-9H2,(H,22,23). The number of pyridine rings is 1. The summed E-state index contributed by atoms with van der Waals surface area (Å²) in [6, 6.07) is 2.12. The molecule has 1 N–H and O–H groups in total. The second-order valence-corrected chi connectivity index (χ2v) is 7.74. The highest BCUT2D eigenvalue weighted by Gasteiger charge is 2.47. The molecule has 0 aliphatic heterocycles. The summed E-state index contributed by atoms with van der Waals surface area (Å²) in [6.07, 6.45) is 4.99. The van der Waals surface area contributed by atoms with Crippen molar-refractivity contribution in [2.45, 2.75) is 44.7 Å². The van der Waals surface area contributed by atoms with Gasteiger partial charge in [0.25, 0.3) is 0 Å². The van der Waals surface area contributed by atoms with E-state index in [1.165, 1.54) is 38.3 Å². The highest BCUT2D eigenvalue weighted by atomic mass is 19.4. The maximum atomic E-state index is 12.7. The summed E-state index contributed by atoms with van der Waals surface area (Å²) in [6.45, 7) is 0.724. The van der Waals surface area contributed by atoms with Gasteiger partial charge in [-0.3, -0.25) is 0 Å². The van der Waals surface area contributed by atoms with Crippen LogP contribution in [0.3, 0.4) is 0 Å². The lowest BCUT2D eigenvalue weighted by molar-refractivity contribution is -0.137. The van der Waals surface area contributed by atoms with Gasteiger partial charge in [-0.05, 0) is 80.2 Å². The lowest BCUT2D eigenvalue weighted by Gasteiger charge is -2.54. The Balaban J connectivity index is 1.34. The molecule has 0 saturated heterocycles. The van der Waals surface area contributed by atoms with Crippen LogP contribution in [-0.4, -0.2) is 11.5 Å². The summed E-state index contributed by atoms with van der Waals surface area (Å²) in [4.78, 5) is 4.02. The fourth-order valence-electron chi connectivity index (χ4n) is 5.58. The molecule has 5 heteroatoms. The van der Waals surface area contributed by atoms with E-state index in [1.54, 1.807) is 0 Å². The monoisotopic (exact) mass is 324 g/mol. The van der Waals surface area contributed by atoms with Crippen molar-refractivity contribution in [1.82, 2.24) is 4.98 Å². The molecule has 4 fully saturated rings. The van der Waals surface area contributed by atoms with Crippen LogP contribution in [0, 0.1) is 29.6 Å². The predicted molar refractivity (Wildman–Crippen MR) is 82.9 cm³/mol. The number of alkyl halides is 3. The molecule has 1 aromatic rings. The van der Waals surface area contributed by atoms with Crippen molar-refractivity contribution in [3.8, 4) is 0 Å². The molecular weight excluding hydrogens is 301 g/mol. The number of hydrogen-bond acceptors (Lipinski definition) is 2. The molecule has 4 aliphatic rings. The minimum atomic E-state index is -4.30. The van der Waals surface area contributed by atoms with Gasteiger partial charge in [-0.15, -0.1) is 0 Å². The van der Waals surface area contributed by atoms with Gasteiger partial charge in [-0.25, -0.2) is 4.98 Å². The maximum Gasteiger partial charge on any atom is 0.416 e. The molecule has 0 aromatic carbocycles. The highest BCUT2D eigenvalue weighted by Crippen LogP contribution is 2.57. The fraction of sp³-hybridized carbons (Fsp3) is 0.722. The molecule has 2 nitrogen and oxygen atoms in total. The molecule has 4 bridgehead atoms. The molecule has 4 saturated carbocycles. The van der Waals surface area contributed by atoms with Gasteiger partial charge in [0.1, 0.15) is 5.82 Å². The van der Waals surface area contributed by atoms with Crippen molar-refractivity contribution >= 4 is 5.82 Å². The summed E-state index contributed by atoms with van der Waals surface area (Å²) in [7, 11) is 0. The van der Waals surface area contributed by atoms with E-state index >= 15 is 0 Å². The first-order valence-corrected chi connectivity index (χ1v) is 8.76. The Morgan fingerprint density at radius 2 is 1.70 bits per heavy atom. The van der Waals surface area contributed by atoms with Crippen molar-refractivity contribution < 1.29 is 13.2 Å². The van der Waals surface area contributed by atoms with E-state index in [9.17, 15) is 13.2 Å². The third-order valence-corrected chi connectivity index (χ3v) is 6.29. The molecule has 0 radical (unpaired) electrons. The molecule has 1 aromatic heterocycles. The third kappa shape index (κ3) is 3.07. The van der Waals surface area contributed by atoms with Crippen LogP contribution in [0.5, 0.6) is 0 Å². The summed E-state index contributed by atoms with van der Waals surface area (Å²) in [5.41, 5.74) is -0.635. The molecule has 5 rings (SSSR count). The average molecular weight is 324 g/mol. The number of nitrogens with zero attached hydrogens (tertiary/aromatic N) is 1. The minimum Gasteiger partial charge on any atom is -0.370 e. The Morgan fingerprint density at radius 1 is 1.04 bits per heavy atom. The van der Waals surface area contributed by atoms with E-state index < -0.39 is 11.7 Å². The van der Waals surface area contributed by atoms with E-state index in [0.717, 1.165) is 54.7 Å². The van der Waals surface area contributed by atoms with Crippen LogP contribution in [0.1, 0.15) is 44.1 Å². The normalized spacial score (nSPS) is 35.5. The quantitative estimate of drug-likeness (QED) is 0.845. The summed E-state index contributed by atoms with van der Waals surface area (Å²) < 4.78 is 38.2. The summed E-state index contributed by atoms with van der Waals surface area (Å²) in [5.74, 6) is 4.76. The first kappa shape index (κ1) is 15.3. The smallest absolute Gasteiger partial charge is 0.370 e. The first-order chi connectivity index (χ1) is 11.0. The van der Waals surface area contributed by atoms with Gasteiger partial charge >= 0.3 is 6.18 Å². The predicted octanol–water partition coefficient (Wildman–Crippen LogP) is 4.97. The van der Waals surface area contributed by atoms with E-state index in [4.69, 9.17) is 0 Å². The van der Waals surface area contributed by atoms with Crippen LogP contribution in [0.4, 0.5) is 19.0 Å². The van der Waals surface area contributed by atoms with Crippen molar-refractivity contribution in [3.05, 3.63) is 23.9 Å². The van der Waals surface area contributed by atoms with Gasteiger partial charge in [0.15, 0.2) is 0 Å². The van der Waals surface area contributed by atoms with Gasteiger partial charge in [0.2, 0.25) is 0 Å². The Morgan fingerprint density at radius 3 is 2.30 bits per heavy atom. The second-order valence-electron chi connectivity index (χ2n) is 7.74. The summed E-state index contributed by atoms with van der Waals surface area (Å²) in [5, 5.41) is 3.11. The molecule has 0 atom stereocenters. The van der Waals surface area contributed by atoms with Gasteiger partial charge in [0.05, 0.1) is 5.56 Å². The zero-order valence-electron chi connectivity index (χ0n) is 13.1. The van der Waals surface area contributed by atoms with Crippen LogP contribution < -0.4 is 5.32 Å². The van der Waals surface area contributed by atoms with Gasteiger partial charge in [0, 0.05) is 12.7 Å². The lowest BCUT2D eigenvalue weighted by Crippen LogP contribution is -2.45. The van der Waals surface area contributed by atoms with E-state index in [-0.39, 0.29) is 0 Å². The zero-order valence-corrected chi connectivity index (χ0v) is 13.1. The number of halogens is 3. The third-order valence-electron chi connectivity index (χ3n) is 6.29. The molecular formula is C18H23F3N2. The first-order valence-electron chi connectivity index (χ1n) is 8.76. The maximum absolute atomic E-state index is 12.7. The molecule has 1 heterocycles. The van der Waals surface area contributed by atoms with E-state index in [1.807, 2.05) is 0 Å². The number of nitrogens with one attached hydrogen (secondary N) is 1. The Bertz CT molecular complexity index is 542. The average Bonchev–Trinajstić information content (AvgIpc) is 2.49.